The number of hydrogen-bond donors (Lipinski definition) is 1. The van der Waals surface area contributed by atoms with Crippen molar-refractivity contribution in [3.05, 3.63) is 29.8 Å². The largest absolute Gasteiger partial charge is 0.461 e. The van der Waals surface area contributed by atoms with E-state index in [2.05, 4.69) is 4.74 Å². The van der Waals surface area contributed by atoms with Crippen molar-refractivity contribution in [3.63, 3.8) is 0 Å². The Labute approximate surface area is 94.2 Å². The molecular formula is C10H10F5NO. The van der Waals surface area contributed by atoms with E-state index in [9.17, 15) is 22.0 Å². The van der Waals surface area contributed by atoms with E-state index in [0.29, 0.717) is 5.56 Å². The summed E-state index contributed by atoms with van der Waals surface area (Å²) in [7, 11) is 0. The molecule has 2 N–H and O–H groups in total. The van der Waals surface area contributed by atoms with Gasteiger partial charge in [-0.05, 0) is 17.7 Å². The Bertz CT molecular complexity index is 354. The molecule has 0 unspecified atom stereocenters. The van der Waals surface area contributed by atoms with E-state index in [1.807, 2.05) is 0 Å². The molecule has 0 aliphatic rings. The lowest BCUT2D eigenvalue weighted by Gasteiger charge is -2.17. The predicted octanol–water partition coefficient (Wildman–Crippen LogP) is 2.89. The predicted molar refractivity (Wildman–Crippen MR) is 50.9 cm³/mol. The van der Waals surface area contributed by atoms with Gasteiger partial charge >= 0.3 is 12.5 Å². The van der Waals surface area contributed by atoms with Crippen LogP contribution in [0.4, 0.5) is 22.0 Å². The van der Waals surface area contributed by atoms with Crippen LogP contribution in [0.2, 0.25) is 0 Å². The zero-order valence-electron chi connectivity index (χ0n) is 8.55. The van der Waals surface area contributed by atoms with Crippen LogP contribution >= 0.6 is 0 Å². The first-order valence-corrected chi connectivity index (χ1v) is 4.63. The van der Waals surface area contributed by atoms with Crippen LogP contribution in [0.1, 0.15) is 11.6 Å². The Kier molecular flexibility index (Phi) is 4.28. The van der Waals surface area contributed by atoms with Crippen molar-refractivity contribution in [2.75, 3.05) is 6.67 Å². The summed E-state index contributed by atoms with van der Waals surface area (Å²) in [5.74, 6) is -0.440. The lowest BCUT2D eigenvalue weighted by molar-refractivity contribution is -0.253. The SMILES string of the molecule is N[C@H](CF)c1ccc(OC(F)(F)C(F)F)cc1. The number of halogens is 5. The summed E-state index contributed by atoms with van der Waals surface area (Å²) >= 11 is 0. The van der Waals surface area contributed by atoms with Gasteiger partial charge in [-0.15, -0.1) is 0 Å². The Hall–Kier alpha value is -1.37. The highest BCUT2D eigenvalue weighted by Crippen LogP contribution is 2.28. The number of nitrogens with two attached hydrogens (primary N) is 1. The Balaban J connectivity index is 2.75. The standard InChI is InChI=1S/C10H10F5NO/c11-5-8(16)6-1-3-7(4-2-6)17-10(14,15)9(12)13/h1-4,8-9H,5,16H2/t8-/m1/s1. The molecule has 1 aromatic rings. The first kappa shape index (κ1) is 13.7. The molecule has 0 spiro atoms. The van der Waals surface area contributed by atoms with Gasteiger partial charge in [0.2, 0.25) is 0 Å². The van der Waals surface area contributed by atoms with Crippen molar-refractivity contribution in [1.29, 1.82) is 0 Å². The van der Waals surface area contributed by atoms with Gasteiger partial charge in [-0.2, -0.15) is 17.6 Å². The van der Waals surface area contributed by atoms with Gasteiger partial charge in [0.1, 0.15) is 12.4 Å². The summed E-state index contributed by atoms with van der Waals surface area (Å²) < 4.78 is 64.6. The number of rotatable bonds is 5. The molecule has 96 valence electrons. The molecule has 1 aromatic carbocycles. The molecule has 0 amide bonds. The van der Waals surface area contributed by atoms with Crippen LogP contribution in [0.15, 0.2) is 24.3 Å². The quantitative estimate of drug-likeness (QED) is 0.821. The minimum Gasteiger partial charge on any atom is -0.428 e. The van der Waals surface area contributed by atoms with E-state index in [1.165, 1.54) is 12.1 Å². The van der Waals surface area contributed by atoms with Gasteiger partial charge in [-0.25, -0.2) is 4.39 Å². The Morgan fingerprint density at radius 3 is 2.12 bits per heavy atom. The summed E-state index contributed by atoms with van der Waals surface area (Å²) in [6.45, 7) is -0.812. The zero-order valence-corrected chi connectivity index (χ0v) is 8.55. The van der Waals surface area contributed by atoms with Crippen molar-refractivity contribution in [2.24, 2.45) is 5.73 Å². The molecule has 0 bridgehead atoms. The average Bonchev–Trinajstić information content (AvgIpc) is 2.28. The lowest BCUT2D eigenvalue weighted by Crippen LogP contribution is -2.33. The molecule has 1 rings (SSSR count). The van der Waals surface area contributed by atoms with Crippen molar-refractivity contribution in [1.82, 2.24) is 0 Å². The lowest BCUT2D eigenvalue weighted by atomic mass is 10.1. The highest BCUT2D eigenvalue weighted by Gasteiger charge is 2.43. The van der Waals surface area contributed by atoms with Crippen LogP contribution in [0.3, 0.4) is 0 Å². The van der Waals surface area contributed by atoms with Crippen molar-refractivity contribution in [3.8, 4) is 5.75 Å². The van der Waals surface area contributed by atoms with Crippen LogP contribution in [-0.2, 0) is 0 Å². The van der Waals surface area contributed by atoms with Gasteiger partial charge in [0.15, 0.2) is 0 Å². The van der Waals surface area contributed by atoms with Crippen LogP contribution in [0.5, 0.6) is 5.75 Å². The molecule has 0 aliphatic carbocycles. The summed E-state index contributed by atoms with van der Waals surface area (Å²) in [6.07, 6.45) is -8.47. The van der Waals surface area contributed by atoms with Gasteiger partial charge in [0.25, 0.3) is 0 Å². The number of hydrogen-bond acceptors (Lipinski definition) is 2. The third-order valence-corrected chi connectivity index (χ3v) is 1.98. The molecule has 17 heavy (non-hydrogen) atoms. The highest BCUT2D eigenvalue weighted by atomic mass is 19.3. The van der Waals surface area contributed by atoms with Crippen LogP contribution < -0.4 is 10.5 Å². The Morgan fingerprint density at radius 2 is 1.71 bits per heavy atom. The minimum absolute atomic E-state index is 0.361. The molecule has 0 aliphatic heterocycles. The van der Waals surface area contributed by atoms with E-state index in [1.54, 1.807) is 0 Å². The topological polar surface area (TPSA) is 35.2 Å². The van der Waals surface area contributed by atoms with E-state index in [4.69, 9.17) is 5.73 Å². The van der Waals surface area contributed by atoms with Crippen LogP contribution in [0.25, 0.3) is 0 Å². The van der Waals surface area contributed by atoms with Gasteiger partial charge in [0, 0.05) is 0 Å². The maximum atomic E-state index is 12.5. The van der Waals surface area contributed by atoms with E-state index >= 15 is 0 Å². The van der Waals surface area contributed by atoms with Gasteiger partial charge in [-0.1, -0.05) is 12.1 Å². The zero-order chi connectivity index (χ0) is 13.1. The maximum absolute atomic E-state index is 12.5. The van der Waals surface area contributed by atoms with Crippen molar-refractivity contribution in [2.45, 2.75) is 18.6 Å². The molecule has 7 heteroatoms. The smallest absolute Gasteiger partial charge is 0.428 e. The van der Waals surface area contributed by atoms with Gasteiger partial charge in [0.05, 0.1) is 6.04 Å². The van der Waals surface area contributed by atoms with E-state index in [-0.39, 0.29) is 0 Å². The second-order valence-corrected chi connectivity index (χ2v) is 3.29. The van der Waals surface area contributed by atoms with Crippen molar-refractivity contribution >= 4 is 0 Å². The fraction of sp³-hybridized carbons (Fsp3) is 0.400. The molecule has 0 heterocycles. The summed E-state index contributed by atoms with van der Waals surface area (Å²) in [5.41, 5.74) is 5.70. The molecule has 0 saturated heterocycles. The minimum atomic E-state index is -4.55. The number of alkyl halides is 5. The van der Waals surface area contributed by atoms with Crippen LogP contribution in [-0.4, -0.2) is 19.2 Å². The fourth-order valence-corrected chi connectivity index (χ4v) is 1.07. The fourth-order valence-electron chi connectivity index (χ4n) is 1.07. The summed E-state index contributed by atoms with van der Waals surface area (Å²) in [5, 5.41) is 0. The second-order valence-electron chi connectivity index (χ2n) is 3.29. The summed E-state index contributed by atoms with van der Waals surface area (Å²) in [4.78, 5) is 0. The number of ether oxygens (including phenoxy) is 1. The molecule has 1 atom stereocenters. The van der Waals surface area contributed by atoms with Gasteiger partial charge in [-0.3, -0.25) is 0 Å². The average molecular weight is 255 g/mol. The Morgan fingerprint density at radius 1 is 1.18 bits per heavy atom. The maximum Gasteiger partial charge on any atom is 0.461 e. The van der Waals surface area contributed by atoms with E-state index in [0.717, 1.165) is 12.1 Å². The molecule has 2 nitrogen and oxygen atoms in total. The number of benzene rings is 1. The van der Waals surface area contributed by atoms with Crippen LogP contribution in [0, 0.1) is 0 Å². The first-order valence-electron chi connectivity index (χ1n) is 4.63. The third kappa shape index (κ3) is 3.55. The second kappa shape index (κ2) is 5.31. The normalized spacial score (nSPS) is 13.8. The molecular weight excluding hydrogens is 245 g/mol. The molecule has 0 radical (unpaired) electrons. The first-order chi connectivity index (χ1) is 7.86. The summed E-state index contributed by atoms with van der Waals surface area (Å²) in [6, 6.07) is 3.66. The molecule has 0 aromatic heterocycles. The van der Waals surface area contributed by atoms with Gasteiger partial charge < -0.3 is 10.5 Å². The van der Waals surface area contributed by atoms with E-state index < -0.39 is 31.0 Å². The highest BCUT2D eigenvalue weighted by molar-refractivity contribution is 5.29. The van der Waals surface area contributed by atoms with Crippen molar-refractivity contribution < 1.29 is 26.7 Å². The monoisotopic (exact) mass is 255 g/mol. The molecule has 0 saturated carbocycles. The third-order valence-electron chi connectivity index (χ3n) is 1.98. The molecule has 0 fully saturated rings.